The number of benzene rings is 2. The highest BCUT2D eigenvalue weighted by atomic mass is 35.5. The number of hydrogen-bond acceptors (Lipinski definition) is 3. The first kappa shape index (κ1) is 21.5. The summed E-state index contributed by atoms with van der Waals surface area (Å²) in [6.45, 7) is 0.301. The van der Waals surface area contributed by atoms with Gasteiger partial charge in [-0.3, -0.25) is 4.79 Å². The van der Waals surface area contributed by atoms with Crippen molar-refractivity contribution in [3.63, 3.8) is 0 Å². The van der Waals surface area contributed by atoms with Crippen LogP contribution in [-0.4, -0.2) is 15.5 Å². The normalized spacial score (nSPS) is 14.0. The summed E-state index contributed by atoms with van der Waals surface area (Å²) in [6, 6.07) is 17.4. The van der Waals surface area contributed by atoms with E-state index in [9.17, 15) is 9.18 Å². The second kappa shape index (κ2) is 9.24. The molecule has 0 spiro atoms. The topological polar surface area (TPSA) is 60.1 Å². The highest BCUT2D eigenvalue weighted by Gasteiger charge is 2.26. The third-order valence-corrected chi connectivity index (χ3v) is 6.46. The van der Waals surface area contributed by atoms with E-state index in [-0.39, 0.29) is 17.5 Å². The standard InChI is InChI=1S/C26H23ClFN3O2/c27-21-8-4-1-5-18(21)15-29-26(32)23-14-13-22(33-23)25-24(17-9-11-19(28)12-10-17)30-16-31(25)20-6-2-3-7-20/h1,4-5,8-14,16,20H,2-3,6-7,15H2,(H,29,32). The lowest BCUT2D eigenvalue weighted by Crippen LogP contribution is -2.22. The zero-order chi connectivity index (χ0) is 22.8. The van der Waals surface area contributed by atoms with E-state index in [1.807, 2.05) is 24.5 Å². The number of nitrogens with zero attached hydrogens (tertiary/aromatic N) is 2. The first-order valence-corrected chi connectivity index (χ1v) is 11.4. The summed E-state index contributed by atoms with van der Waals surface area (Å²) in [5.41, 5.74) is 3.14. The minimum atomic E-state index is -0.323. The van der Waals surface area contributed by atoms with E-state index in [0.717, 1.165) is 29.7 Å². The van der Waals surface area contributed by atoms with Crippen LogP contribution in [0.2, 0.25) is 5.02 Å². The van der Waals surface area contributed by atoms with Gasteiger partial charge in [-0.15, -0.1) is 0 Å². The van der Waals surface area contributed by atoms with Gasteiger partial charge in [-0.2, -0.15) is 0 Å². The Balaban J connectivity index is 1.45. The minimum absolute atomic E-state index is 0.210. The fraction of sp³-hybridized carbons (Fsp3) is 0.231. The van der Waals surface area contributed by atoms with E-state index < -0.39 is 0 Å². The second-order valence-electron chi connectivity index (χ2n) is 8.23. The van der Waals surface area contributed by atoms with Crippen molar-refractivity contribution in [2.24, 2.45) is 0 Å². The number of aromatic nitrogens is 2. The molecular weight excluding hydrogens is 441 g/mol. The molecule has 2 aromatic heterocycles. The van der Waals surface area contributed by atoms with Crippen molar-refractivity contribution in [2.75, 3.05) is 0 Å². The Bertz CT molecular complexity index is 1270. The van der Waals surface area contributed by atoms with E-state index >= 15 is 0 Å². The molecule has 0 unspecified atom stereocenters. The zero-order valence-electron chi connectivity index (χ0n) is 17.9. The van der Waals surface area contributed by atoms with Crippen LogP contribution in [0, 0.1) is 5.82 Å². The van der Waals surface area contributed by atoms with Crippen molar-refractivity contribution in [1.29, 1.82) is 0 Å². The SMILES string of the molecule is O=C(NCc1ccccc1Cl)c1ccc(-c2c(-c3ccc(F)cc3)ncn2C2CCCC2)o1. The largest absolute Gasteiger partial charge is 0.449 e. The molecule has 5 rings (SSSR count). The average Bonchev–Trinajstić information content (AvgIpc) is 3.59. The van der Waals surface area contributed by atoms with Crippen LogP contribution < -0.4 is 5.32 Å². The summed E-state index contributed by atoms with van der Waals surface area (Å²) >= 11 is 6.18. The summed E-state index contributed by atoms with van der Waals surface area (Å²) in [5, 5.41) is 3.46. The summed E-state index contributed by atoms with van der Waals surface area (Å²) in [6.07, 6.45) is 6.30. The van der Waals surface area contributed by atoms with Crippen molar-refractivity contribution in [1.82, 2.24) is 14.9 Å². The summed E-state index contributed by atoms with van der Waals surface area (Å²) in [7, 11) is 0. The van der Waals surface area contributed by atoms with Crippen molar-refractivity contribution in [3.8, 4) is 22.7 Å². The molecular formula is C26H23ClFN3O2. The second-order valence-corrected chi connectivity index (χ2v) is 8.64. The number of rotatable bonds is 6. The minimum Gasteiger partial charge on any atom is -0.449 e. The van der Waals surface area contributed by atoms with Gasteiger partial charge in [0.1, 0.15) is 11.5 Å². The van der Waals surface area contributed by atoms with Crippen LogP contribution in [0.3, 0.4) is 0 Å². The number of halogens is 2. The van der Waals surface area contributed by atoms with E-state index in [1.54, 1.807) is 30.3 Å². The Labute approximate surface area is 196 Å². The van der Waals surface area contributed by atoms with E-state index in [4.69, 9.17) is 16.0 Å². The predicted molar refractivity (Wildman–Crippen MR) is 125 cm³/mol. The first-order chi connectivity index (χ1) is 16.1. The van der Waals surface area contributed by atoms with Gasteiger partial charge >= 0.3 is 0 Å². The molecule has 1 aliphatic carbocycles. The van der Waals surface area contributed by atoms with Crippen molar-refractivity contribution >= 4 is 17.5 Å². The van der Waals surface area contributed by atoms with Gasteiger partial charge in [-0.05, 0) is 60.9 Å². The lowest BCUT2D eigenvalue weighted by molar-refractivity contribution is 0.0924. The molecule has 33 heavy (non-hydrogen) atoms. The molecule has 0 atom stereocenters. The molecule has 0 aliphatic heterocycles. The van der Waals surface area contributed by atoms with Gasteiger partial charge in [0.05, 0.1) is 12.0 Å². The molecule has 1 saturated carbocycles. The summed E-state index contributed by atoms with van der Waals surface area (Å²) in [5.74, 6) is 0.144. The molecule has 168 valence electrons. The van der Waals surface area contributed by atoms with Crippen molar-refractivity contribution < 1.29 is 13.6 Å². The maximum absolute atomic E-state index is 13.5. The number of carbonyl (C=O) groups is 1. The van der Waals surface area contributed by atoms with Crippen LogP contribution in [0.25, 0.3) is 22.7 Å². The first-order valence-electron chi connectivity index (χ1n) is 11.0. The third-order valence-electron chi connectivity index (χ3n) is 6.09. The molecule has 4 aromatic rings. The van der Waals surface area contributed by atoms with Crippen LogP contribution in [0.5, 0.6) is 0 Å². The fourth-order valence-electron chi connectivity index (χ4n) is 4.37. The Kier molecular flexibility index (Phi) is 6.01. The molecule has 2 heterocycles. The number of imidazole rings is 1. The summed E-state index contributed by atoms with van der Waals surface area (Å²) < 4.78 is 21.6. The Morgan fingerprint density at radius 3 is 2.61 bits per heavy atom. The van der Waals surface area contributed by atoms with E-state index in [2.05, 4.69) is 14.9 Å². The molecule has 0 bridgehead atoms. The van der Waals surface area contributed by atoms with Crippen LogP contribution in [0.15, 0.2) is 71.4 Å². The van der Waals surface area contributed by atoms with Gasteiger partial charge in [0, 0.05) is 23.2 Å². The maximum Gasteiger partial charge on any atom is 0.287 e. The van der Waals surface area contributed by atoms with Gasteiger partial charge in [0.2, 0.25) is 0 Å². The van der Waals surface area contributed by atoms with Crippen LogP contribution in [0.4, 0.5) is 4.39 Å². The van der Waals surface area contributed by atoms with Crippen LogP contribution in [0.1, 0.15) is 47.8 Å². The van der Waals surface area contributed by atoms with Gasteiger partial charge < -0.3 is 14.3 Å². The third kappa shape index (κ3) is 4.44. The Morgan fingerprint density at radius 2 is 1.85 bits per heavy atom. The Morgan fingerprint density at radius 1 is 1.09 bits per heavy atom. The van der Waals surface area contributed by atoms with Gasteiger partial charge in [-0.25, -0.2) is 9.37 Å². The van der Waals surface area contributed by atoms with Crippen molar-refractivity contribution in [2.45, 2.75) is 38.3 Å². The lowest BCUT2D eigenvalue weighted by atomic mass is 10.1. The molecule has 1 amide bonds. The summed E-state index contributed by atoms with van der Waals surface area (Å²) in [4.78, 5) is 17.4. The zero-order valence-corrected chi connectivity index (χ0v) is 18.7. The Hall–Kier alpha value is -3.38. The van der Waals surface area contributed by atoms with Crippen LogP contribution in [-0.2, 0) is 6.54 Å². The number of amides is 1. The fourth-order valence-corrected chi connectivity index (χ4v) is 4.58. The maximum atomic E-state index is 13.5. The molecule has 0 saturated heterocycles. The highest BCUT2D eigenvalue weighted by molar-refractivity contribution is 6.31. The van der Waals surface area contributed by atoms with E-state index in [0.29, 0.717) is 29.1 Å². The quantitative estimate of drug-likeness (QED) is 0.348. The highest BCUT2D eigenvalue weighted by Crippen LogP contribution is 2.39. The van der Waals surface area contributed by atoms with Crippen molar-refractivity contribution in [3.05, 3.63) is 89.2 Å². The van der Waals surface area contributed by atoms with Gasteiger partial charge in [0.25, 0.3) is 5.91 Å². The molecule has 1 aliphatic rings. The smallest absolute Gasteiger partial charge is 0.287 e. The monoisotopic (exact) mass is 463 g/mol. The average molecular weight is 464 g/mol. The van der Waals surface area contributed by atoms with Crippen LogP contribution >= 0.6 is 11.6 Å². The number of nitrogens with one attached hydrogen (secondary N) is 1. The molecule has 1 fully saturated rings. The number of carbonyl (C=O) groups excluding carboxylic acids is 1. The lowest BCUT2D eigenvalue weighted by Gasteiger charge is -2.15. The number of furan rings is 1. The number of hydrogen-bond donors (Lipinski definition) is 1. The molecule has 0 radical (unpaired) electrons. The van der Waals surface area contributed by atoms with E-state index in [1.165, 1.54) is 25.0 Å². The molecule has 2 aromatic carbocycles. The molecule has 1 N–H and O–H groups in total. The molecule has 5 nitrogen and oxygen atoms in total. The predicted octanol–water partition coefficient (Wildman–Crippen LogP) is 6.65. The van der Waals surface area contributed by atoms with Gasteiger partial charge in [0.15, 0.2) is 11.5 Å². The van der Waals surface area contributed by atoms with Gasteiger partial charge in [-0.1, -0.05) is 42.6 Å². The molecule has 7 heteroatoms.